The first-order valence-electron chi connectivity index (χ1n) is 9.96. The van der Waals surface area contributed by atoms with Gasteiger partial charge in [0.2, 0.25) is 0 Å². The first kappa shape index (κ1) is 20.1. The summed E-state index contributed by atoms with van der Waals surface area (Å²) in [6.45, 7) is 6.06. The second kappa shape index (κ2) is 9.03. The van der Waals surface area contributed by atoms with Gasteiger partial charge in [0.05, 0.1) is 12.4 Å². The number of hydrogen-bond acceptors (Lipinski definition) is 6. The summed E-state index contributed by atoms with van der Waals surface area (Å²) < 4.78 is 7.05. The van der Waals surface area contributed by atoms with E-state index in [4.69, 9.17) is 4.74 Å². The molecular weight excluding hydrogens is 356 g/mol. The Hall–Kier alpha value is -2.64. The van der Waals surface area contributed by atoms with Crippen LogP contribution >= 0.6 is 0 Å². The summed E-state index contributed by atoms with van der Waals surface area (Å²) in [5, 5.41) is 10.6. The maximum absolute atomic E-state index is 12.1. The number of carbonyl (C=O) groups excluding carboxylic acids is 1. The summed E-state index contributed by atoms with van der Waals surface area (Å²) in [4.78, 5) is 21.0. The van der Waals surface area contributed by atoms with Crippen LogP contribution in [0, 0.1) is 5.92 Å². The van der Waals surface area contributed by atoms with E-state index in [0.717, 1.165) is 12.8 Å². The van der Waals surface area contributed by atoms with E-state index in [1.807, 2.05) is 33.0 Å². The molecule has 152 valence electrons. The first-order valence-corrected chi connectivity index (χ1v) is 9.96. The van der Waals surface area contributed by atoms with Crippen molar-refractivity contribution in [3.05, 3.63) is 30.9 Å². The third kappa shape index (κ3) is 5.94. The van der Waals surface area contributed by atoms with Crippen LogP contribution in [0.1, 0.15) is 52.9 Å². The fourth-order valence-corrected chi connectivity index (χ4v) is 3.51. The minimum atomic E-state index is -0.512. The molecule has 1 amide bonds. The molecule has 0 spiro atoms. The van der Waals surface area contributed by atoms with E-state index in [-0.39, 0.29) is 6.04 Å². The average Bonchev–Trinajstić information content (AvgIpc) is 3.19. The number of alkyl carbamates (subject to hydrolysis) is 1. The molecule has 0 aromatic carbocycles. The van der Waals surface area contributed by atoms with Crippen molar-refractivity contribution in [2.75, 3.05) is 11.9 Å². The highest BCUT2D eigenvalue weighted by Gasteiger charge is 2.25. The third-order valence-electron chi connectivity index (χ3n) is 4.78. The molecule has 2 heterocycles. The Morgan fingerprint density at radius 2 is 2.07 bits per heavy atom. The molecule has 1 atom stereocenters. The minimum Gasteiger partial charge on any atom is -0.444 e. The summed E-state index contributed by atoms with van der Waals surface area (Å²) in [6, 6.07) is 1.91. The lowest BCUT2D eigenvalue weighted by atomic mass is 9.84. The Balaban J connectivity index is 1.68. The predicted octanol–water partition coefficient (Wildman–Crippen LogP) is 3.55. The van der Waals surface area contributed by atoms with E-state index in [9.17, 15) is 4.79 Å². The molecule has 2 N–H and O–H groups in total. The fourth-order valence-electron chi connectivity index (χ4n) is 3.51. The molecule has 8 heteroatoms. The molecule has 0 bridgehead atoms. The number of carbonyl (C=O) groups is 1. The van der Waals surface area contributed by atoms with E-state index in [1.165, 1.54) is 19.3 Å². The molecule has 28 heavy (non-hydrogen) atoms. The summed E-state index contributed by atoms with van der Waals surface area (Å²) in [7, 11) is 0. The van der Waals surface area contributed by atoms with Gasteiger partial charge in [-0.25, -0.2) is 14.5 Å². The van der Waals surface area contributed by atoms with Gasteiger partial charge in [0.1, 0.15) is 11.4 Å². The number of amides is 1. The third-order valence-corrected chi connectivity index (χ3v) is 4.78. The molecule has 0 radical (unpaired) electrons. The molecule has 1 aliphatic carbocycles. The van der Waals surface area contributed by atoms with E-state index in [1.54, 1.807) is 23.3 Å². The van der Waals surface area contributed by atoms with Crippen LogP contribution in [0.3, 0.4) is 0 Å². The molecule has 0 saturated heterocycles. The van der Waals surface area contributed by atoms with Gasteiger partial charge in [0, 0.05) is 25.0 Å². The van der Waals surface area contributed by atoms with Crippen molar-refractivity contribution in [3.63, 3.8) is 0 Å². The largest absolute Gasteiger partial charge is 0.444 e. The van der Waals surface area contributed by atoms with Crippen molar-refractivity contribution in [1.29, 1.82) is 0 Å². The van der Waals surface area contributed by atoms with Crippen LogP contribution in [0.5, 0.6) is 0 Å². The Bertz CT molecular complexity index is 750. The Kier molecular flexibility index (Phi) is 6.49. The highest BCUT2D eigenvalue weighted by Crippen LogP contribution is 2.28. The maximum Gasteiger partial charge on any atom is 0.407 e. The van der Waals surface area contributed by atoms with Gasteiger partial charge in [-0.1, -0.05) is 19.3 Å². The predicted molar refractivity (Wildman–Crippen MR) is 107 cm³/mol. The second-order valence-electron chi connectivity index (χ2n) is 8.24. The summed E-state index contributed by atoms with van der Waals surface area (Å²) >= 11 is 0. The lowest BCUT2D eigenvalue weighted by Crippen LogP contribution is -2.43. The van der Waals surface area contributed by atoms with E-state index < -0.39 is 11.7 Å². The highest BCUT2D eigenvalue weighted by molar-refractivity contribution is 5.67. The molecule has 1 fully saturated rings. The Morgan fingerprint density at radius 3 is 2.75 bits per heavy atom. The molecule has 1 aliphatic rings. The summed E-state index contributed by atoms with van der Waals surface area (Å²) in [6.07, 6.45) is 12.5. The van der Waals surface area contributed by atoms with E-state index >= 15 is 0 Å². The molecule has 8 nitrogen and oxygen atoms in total. The maximum atomic E-state index is 12.1. The van der Waals surface area contributed by atoms with E-state index in [0.29, 0.717) is 24.1 Å². The first-order chi connectivity index (χ1) is 13.4. The van der Waals surface area contributed by atoms with Crippen molar-refractivity contribution < 1.29 is 9.53 Å². The molecule has 2 aromatic rings. The number of aromatic nitrogens is 4. The highest BCUT2D eigenvalue weighted by atomic mass is 16.6. The molecular formula is C20H30N6O2. The van der Waals surface area contributed by atoms with Crippen molar-refractivity contribution in [1.82, 2.24) is 25.1 Å². The van der Waals surface area contributed by atoms with Crippen molar-refractivity contribution in [2.24, 2.45) is 5.92 Å². The molecule has 1 saturated carbocycles. The normalized spacial score (nSPS) is 16.4. The van der Waals surface area contributed by atoms with Gasteiger partial charge in [-0.3, -0.25) is 4.98 Å². The van der Waals surface area contributed by atoms with Crippen LogP contribution in [0.15, 0.2) is 30.9 Å². The fraction of sp³-hybridized carbons (Fsp3) is 0.600. The number of nitrogens with zero attached hydrogens (tertiary/aromatic N) is 4. The van der Waals surface area contributed by atoms with Crippen LogP contribution in [-0.2, 0) is 4.74 Å². The summed E-state index contributed by atoms with van der Waals surface area (Å²) in [5.41, 5.74) is -0.512. The zero-order chi connectivity index (χ0) is 20.0. The van der Waals surface area contributed by atoms with Crippen molar-refractivity contribution in [3.8, 4) is 5.82 Å². The van der Waals surface area contributed by atoms with Gasteiger partial charge in [0.15, 0.2) is 5.82 Å². The number of anilines is 1. The second-order valence-corrected chi connectivity index (χ2v) is 8.24. The zero-order valence-corrected chi connectivity index (χ0v) is 16.9. The van der Waals surface area contributed by atoms with E-state index in [2.05, 4.69) is 25.7 Å². The smallest absolute Gasteiger partial charge is 0.407 e. The number of nitrogens with one attached hydrogen (secondary N) is 2. The van der Waals surface area contributed by atoms with Gasteiger partial charge >= 0.3 is 6.09 Å². The number of rotatable bonds is 6. The van der Waals surface area contributed by atoms with Crippen LogP contribution in [0.4, 0.5) is 10.6 Å². The quantitative estimate of drug-likeness (QED) is 0.788. The molecule has 3 rings (SSSR count). The van der Waals surface area contributed by atoms with Crippen LogP contribution < -0.4 is 10.6 Å². The topological polar surface area (TPSA) is 94.0 Å². The van der Waals surface area contributed by atoms with Gasteiger partial charge < -0.3 is 15.4 Å². The summed E-state index contributed by atoms with van der Waals surface area (Å²) in [5.74, 6) is 1.80. The van der Waals surface area contributed by atoms with Crippen LogP contribution in [0.25, 0.3) is 5.82 Å². The van der Waals surface area contributed by atoms with Gasteiger partial charge in [-0.2, -0.15) is 5.10 Å². The standard InChI is InChI=1S/C20H30N6O2/c1-20(2,3)28-19(27)22-12-16(15-8-5-4-6-9-15)24-17-13-21-14-18(25-17)26-11-7-10-23-26/h7,10-11,13-16H,4-6,8-9,12H2,1-3H3,(H,22,27)(H,24,25)/t16-/m1/s1. The Labute approximate surface area is 166 Å². The van der Waals surface area contributed by atoms with Gasteiger partial charge in [-0.05, 0) is 45.6 Å². The van der Waals surface area contributed by atoms with Gasteiger partial charge in [0.25, 0.3) is 0 Å². The van der Waals surface area contributed by atoms with Crippen molar-refractivity contribution in [2.45, 2.75) is 64.5 Å². The Morgan fingerprint density at radius 1 is 1.29 bits per heavy atom. The lowest BCUT2D eigenvalue weighted by Gasteiger charge is -2.31. The zero-order valence-electron chi connectivity index (χ0n) is 16.9. The molecule has 0 unspecified atom stereocenters. The monoisotopic (exact) mass is 386 g/mol. The molecule has 0 aliphatic heterocycles. The molecule has 2 aromatic heterocycles. The van der Waals surface area contributed by atoms with Crippen LogP contribution in [-0.4, -0.2) is 44.0 Å². The van der Waals surface area contributed by atoms with Gasteiger partial charge in [-0.15, -0.1) is 0 Å². The van der Waals surface area contributed by atoms with Crippen LogP contribution in [0.2, 0.25) is 0 Å². The SMILES string of the molecule is CC(C)(C)OC(=O)NC[C@@H](Nc1cncc(-n2cccn2)n1)C1CCCCC1. The minimum absolute atomic E-state index is 0.0648. The number of hydrogen-bond donors (Lipinski definition) is 2. The van der Waals surface area contributed by atoms with Crippen molar-refractivity contribution >= 4 is 11.9 Å². The lowest BCUT2D eigenvalue weighted by molar-refractivity contribution is 0.0521. The average molecular weight is 387 g/mol. The number of ether oxygens (including phenoxy) is 1.